The molecule has 0 aromatic heterocycles. The van der Waals surface area contributed by atoms with Crippen LogP contribution >= 0.6 is 11.8 Å². The van der Waals surface area contributed by atoms with Gasteiger partial charge in [-0.3, -0.25) is 14.4 Å². The quantitative estimate of drug-likeness (QED) is 0.202. The Morgan fingerprint density at radius 1 is 1.29 bits per heavy atom. The van der Waals surface area contributed by atoms with Crippen LogP contribution in [0.25, 0.3) is 0 Å². The Morgan fingerprint density at radius 3 is 2.56 bits per heavy atom. The van der Waals surface area contributed by atoms with Crippen LogP contribution in [0.2, 0.25) is 0 Å². The highest BCUT2D eigenvalue weighted by molar-refractivity contribution is 8.13. The van der Waals surface area contributed by atoms with Gasteiger partial charge in [-0.05, 0) is 32.6 Å². The van der Waals surface area contributed by atoms with Crippen LogP contribution in [-0.2, 0) is 19.2 Å². The van der Waals surface area contributed by atoms with E-state index in [1.807, 2.05) is 12.2 Å². The van der Waals surface area contributed by atoms with Crippen molar-refractivity contribution in [2.75, 3.05) is 5.75 Å². The van der Waals surface area contributed by atoms with E-state index in [2.05, 4.69) is 17.6 Å². The molecule has 2 aliphatic rings. The van der Waals surface area contributed by atoms with Gasteiger partial charge in [0.25, 0.3) is 0 Å². The third-order valence-electron chi connectivity index (χ3n) is 6.98. The molecule has 1 fully saturated rings. The molecule has 0 saturated carbocycles. The summed E-state index contributed by atoms with van der Waals surface area (Å²) in [4.78, 5) is 49.6. The molecule has 1 aliphatic carbocycles. The Hall–Kier alpha value is -1.91. The molecule has 1 aliphatic heterocycles. The molecule has 2 amide bonds. The highest BCUT2D eigenvalue weighted by Crippen LogP contribution is 2.46. The minimum Gasteiger partial charge on any atom is -0.480 e. The number of aliphatic hydroxyl groups is 2. The average Bonchev–Trinajstić information content (AvgIpc) is 2.99. The van der Waals surface area contributed by atoms with Gasteiger partial charge in [-0.2, -0.15) is 0 Å². The number of carboxylic acids is 1. The summed E-state index contributed by atoms with van der Waals surface area (Å²) in [6.45, 7) is 4.65. The van der Waals surface area contributed by atoms with Crippen molar-refractivity contribution in [3.63, 3.8) is 0 Å². The van der Waals surface area contributed by atoms with Gasteiger partial charge in [0, 0.05) is 18.6 Å². The van der Waals surface area contributed by atoms with Gasteiger partial charge in [0.1, 0.15) is 11.6 Å². The Balaban J connectivity index is 2.36. The summed E-state index contributed by atoms with van der Waals surface area (Å²) < 4.78 is 0. The number of carbonyl (C=O) groups excluding carboxylic acids is 3. The number of unbranched alkanes of at least 4 members (excludes halogenated alkanes) is 3. The van der Waals surface area contributed by atoms with E-state index >= 15 is 0 Å². The Morgan fingerprint density at radius 2 is 2.00 bits per heavy atom. The first-order valence-corrected chi connectivity index (χ1v) is 13.0. The molecule has 1 saturated heterocycles. The number of aliphatic hydroxyl groups excluding tert-OH is 1. The molecule has 2 unspecified atom stereocenters. The number of rotatable bonds is 12. The maximum Gasteiger partial charge on any atom is 0.327 e. The summed E-state index contributed by atoms with van der Waals surface area (Å²) in [6.07, 6.45) is 8.52. The van der Waals surface area contributed by atoms with Crippen molar-refractivity contribution in [3.05, 3.63) is 12.2 Å². The molecule has 6 atom stereocenters. The number of hydrogen-bond donors (Lipinski definition) is 5. The summed E-state index contributed by atoms with van der Waals surface area (Å²) in [5, 5.41) is 36.7. The zero-order valence-corrected chi connectivity index (χ0v) is 21.0. The van der Waals surface area contributed by atoms with Gasteiger partial charge in [0.2, 0.25) is 16.9 Å². The summed E-state index contributed by atoms with van der Waals surface area (Å²) in [5.74, 6) is -4.01. The molecule has 2 rings (SSSR count). The second kappa shape index (κ2) is 12.2. The van der Waals surface area contributed by atoms with E-state index in [0.29, 0.717) is 31.0 Å². The number of carboxylic acid groups (broad SMARTS) is 1. The molecule has 9 nitrogen and oxygen atoms in total. The number of amides is 2. The number of aliphatic carboxylic acids is 1. The number of thioether (sulfide) groups is 1. The smallest absolute Gasteiger partial charge is 0.327 e. The first-order chi connectivity index (χ1) is 16.0. The van der Waals surface area contributed by atoms with E-state index in [-0.39, 0.29) is 5.75 Å². The van der Waals surface area contributed by atoms with Crippen LogP contribution in [0.4, 0.5) is 0 Å². The van der Waals surface area contributed by atoms with Crippen LogP contribution in [0.1, 0.15) is 72.1 Å². The van der Waals surface area contributed by atoms with Crippen molar-refractivity contribution in [2.45, 2.75) is 95.4 Å². The molecular weight excluding hydrogens is 460 g/mol. The number of allylic oxidation sites excluding steroid dienone is 1. The number of hydrogen-bond acceptors (Lipinski definition) is 7. The standard InChI is InChI=1S/C24H38N2O7S/c1-4-5-6-10-13-17-20(29)26-24(23(17,3)33,19(28)16-11-8-7-9-12-16)22(32)34-14-18(21(30)31)25-15(2)27/h8,11,16-19,28,33H,4-7,9-10,12-14H2,1-3H3,(H,25,27)(H,26,29)(H,30,31)/t16?,17-,18?,19-,23-,24-/m0/s1. The zero-order valence-electron chi connectivity index (χ0n) is 20.2. The summed E-state index contributed by atoms with van der Waals surface area (Å²) >= 11 is 0.588. The summed E-state index contributed by atoms with van der Waals surface area (Å²) in [7, 11) is 0. The number of carbonyl (C=O) groups is 4. The second-order valence-electron chi connectivity index (χ2n) is 9.50. The lowest BCUT2D eigenvalue weighted by Crippen LogP contribution is -2.69. The van der Waals surface area contributed by atoms with E-state index < -0.39 is 58.0 Å². The van der Waals surface area contributed by atoms with Crippen molar-refractivity contribution >= 4 is 34.7 Å². The van der Waals surface area contributed by atoms with Gasteiger partial charge >= 0.3 is 5.97 Å². The fourth-order valence-electron chi connectivity index (χ4n) is 4.99. The summed E-state index contributed by atoms with van der Waals surface area (Å²) in [6, 6.07) is -1.33. The van der Waals surface area contributed by atoms with Crippen molar-refractivity contribution in [2.24, 2.45) is 11.8 Å². The minimum atomic E-state index is -2.00. The van der Waals surface area contributed by atoms with E-state index in [1.165, 1.54) is 13.8 Å². The lowest BCUT2D eigenvalue weighted by Gasteiger charge is -2.45. The highest BCUT2D eigenvalue weighted by atomic mass is 32.2. The monoisotopic (exact) mass is 498 g/mol. The van der Waals surface area contributed by atoms with Crippen LogP contribution in [0.5, 0.6) is 0 Å². The third-order valence-corrected chi connectivity index (χ3v) is 8.06. The van der Waals surface area contributed by atoms with Gasteiger partial charge < -0.3 is 26.0 Å². The van der Waals surface area contributed by atoms with E-state index in [1.54, 1.807) is 0 Å². The molecule has 10 heteroatoms. The SMILES string of the molecule is CCCCCC[C@H]1C(=O)N[C@](C(=O)SCC(NC(C)=O)C(=O)O)([C@@H](O)C2C=CCCC2)[C@@]1(C)O. The van der Waals surface area contributed by atoms with Gasteiger partial charge in [-0.1, -0.05) is 56.5 Å². The van der Waals surface area contributed by atoms with Gasteiger partial charge in [0.05, 0.1) is 12.0 Å². The Bertz CT molecular complexity index is 800. The van der Waals surface area contributed by atoms with Crippen molar-refractivity contribution < 1.29 is 34.5 Å². The van der Waals surface area contributed by atoms with E-state index in [0.717, 1.165) is 32.1 Å². The van der Waals surface area contributed by atoms with Crippen molar-refractivity contribution in [3.8, 4) is 0 Å². The molecule has 0 aromatic rings. The van der Waals surface area contributed by atoms with E-state index in [9.17, 15) is 34.5 Å². The second-order valence-corrected chi connectivity index (χ2v) is 10.5. The summed E-state index contributed by atoms with van der Waals surface area (Å²) in [5.41, 5.74) is -3.90. The predicted molar refractivity (Wildman–Crippen MR) is 129 cm³/mol. The molecule has 0 spiro atoms. The first-order valence-electron chi connectivity index (χ1n) is 12.0. The Labute approximate surface area is 205 Å². The molecular formula is C24H38N2O7S. The topological polar surface area (TPSA) is 153 Å². The lowest BCUT2D eigenvalue weighted by molar-refractivity contribution is -0.142. The van der Waals surface area contributed by atoms with Crippen LogP contribution in [0, 0.1) is 11.8 Å². The molecule has 0 aromatic carbocycles. The zero-order chi connectivity index (χ0) is 25.5. The maximum absolute atomic E-state index is 13.6. The van der Waals surface area contributed by atoms with Gasteiger partial charge in [-0.25, -0.2) is 4.79 Å². The molecule has 1 heterocycles. The molecule has 0 radical (unpaired) electrons. The molecule has 192 valence electrons. The van der Waals surface area contributed by atoms with Gasteiger partial charge in [-0.15, -0.1) is 0 Å². The van der Waals surface area contributed by atoms with Crippen LogP contribution in [0.15, 0.2) is 12.2 Å². The van der Waals surface area contributed by atoms with Crippen LogP contribution in [0.3, 0.4) is 0 Å². The predicted octanol–water partition coefficient (Wildman–Crippen LogP) is 1.76. The number of nitrogens with one attached hydrogen (secondary N) is 2. The van der Waals surface area contributed by atoms with Crippen molar-refractivity contribution in [1.29, 1.82) is 0 Å². The maximum atomic E-state index is 13.6. The molecule has 0 bridgehead atoms. The fraction of sp³-hybridized carbons (Fsp3) is 0.750. The van der Waals surface area contributed by atoms with Gasteiger partial charge in [0.15, 0.2) is 5.54 Å². The van der Waals surface area contributed by atoms with E-state index in [4.69, 9.17) is 0 Å². The average molecular weight is 499 g/mol. The first kappa shape index (κ1) is 28.3. The highest BCUT2D eigenvalue weighted by Gasteiger charge is 2.68. The fourth-order valence-corrected chi connectivity index (χ4v) is 6.14. The van der Waals surface area contributed by atoms with Crippen LogP contribution < -0.4 is 10.6 Å². The Kier molecular flexibility index (Phi) is 10.1. The molecule has 5 N–H and O–H groups in total. The minimum absolute atomic E-state index is 0.310. The lowest BCUT2D eigenvalue weighted by atomic mass is 9.68. The van der Waals surface area contributed by atoms with Crippen molar-refractivity contribution in [1.82, 2.24) is 10.6 Å². The van der Waals surface area contributed by atoms with Crippen LogP contribution in [-0.4, -0.2) is 67.3 Å². The third kappa shape index (κ3) is 6.01. The molecule has 34 heavy (non-hydrogen) atoms. The normalized spacial score (nSPS) is 30.4. The largest absolute Gasteiger partial charge is 0.480 e.